The highest BCUT2D eigenvalue weighted by molar-refractivity contribution is 6.04. The fourth-order valence-electron chi connectivity index (χ4n) is 2.52. The van der Waals surface area contributed by atoms with Gasteiger partial charge in [-0.15, -0.1) is 0 Å². The molecule has 120 valence electrons. The predicted octanol–water partition coefficient (Wildman–Crippen LogP) is 4.87. The molecule has 0 saturated heterocycles. The number of rotatable bonds is 4. The van der Waals surface area contributed by atoms with Crippen molar-refractivity contribution in [2.45, 2.75) is 13.3 Å². The third kappa shape index (κ3) is 3.63. The first kappa shape index (κ1) is 15.8. The zero-order chi connectivity index (χ0) is 16.9. The molecule has 2 N–H and O–H groups in total. The van der Waals surface area contributed by atoms with Crippen molar-refractivity contribution in [2.24, 2.45) is 0 Å². The van der Waals surface area contributed by atoms with E-state index < -0.39 is 0 Å². The van der Waals surface area contributed by atoms with Gasteiger partial charge in [-0.05, 0) is 59.5 Å². The molecular weight excluding hydrogens is 298 g/mol. The maximum atomic E-state index is 12.5. The molecule has 0 atom stereocenters. The summed E-state index contributed by atoms with van der Waals surface area (Å²) in [5.41, 5.74) is 4.51. The van der Waals surface area contributed by atoms with Crippen molar-refractivity contribution in [2.75, 3.05) is 5.32 Å². The molecule has 0 unspecified atom stereocenters. The van der Waals surface area contributed by atoms with E-state index in [4.69, 9.17) is 0 Å². The van der Waals surface area contributed by atoms with E-state index in [-0.39, 0.29) is 11.7 Å². The third-order valence-corrected chi connectivity index (χ3v) is 3.95. The maximum Gasteiger partial charge on any atom is 0.255 e. The van der Waals surface area contributed by atoms with Gasteiger partial charge < -0.3 is 10.4 Å². The van der Waals surface area contributed by atoms with Crippen molar-refractivity contribution in [3.8, 4) is 16.9 Å². The Hall–Kier alpha value is -3.07. The molecule has 0 heterocycles. The molecule has 0 aliphatic heterocycles. The maximum absolute atomic E-state index is 12.5. The van der Waals surface area contributed by atoms with Crippen LogP contribution < -0.4 is 5.32 Å². The van der Waals surface area contributed by atoms with Crippen molar-refractivity contribution < 1.29 is 9.90 Å². The van der Waals surface area contributed by atoms with E-state index in [9.17, 15) is 9.90 Å². The largest absolute Gasteiger partial charge is 0.508 e. The van der Waals surface area contributed by atoms with Gasteiger partial charge in [-0.25, -0.2) is 0 Å². The standard InChI is InChI=1S/C21H19NO2/c1-2-15-6-10-19(11-7-15)22-21(24)18-5-3-4-17(14-18)16-8-12-20(23)13-9-16/h3-14,23H,2H2,1H3,(H,22,24). The van der Waals surface area contributed by atoms with E-state index >= 15 is 0 Å². The Labute approximate surface area is 141 Å². The van der Waals surface area contributed by atoms with E-state index in [1.807, 2.05) is 54.6 Å². The van der Waals surface area contributed by atoms with Gasteiger partial charge in [-0.3, -0.25) is 4.79 Å². The summed E-state index contributed by atoms with van der Waals surface area (Å²) in [4.78, 5) is 12.5. The molecule has 0 radical (unpaired) electrons. The number of aromatic hydroxyl groups is 1. The third-order valence-electron chi connectivity index (χ3n) is 3.95. The quantitative estimate of drug-likeness (QED) is 0.721. The Bertz CT molecular complexity index is 836. The summed E-state index contributed by atoms with van der Waals surface area (Å²) in [5, 5.41) is 12.3. The summed E-state index contributed by atoms with van der Waals surface area (Å²) in [7, 11) is 0. The summed E-state index contributed by atoms with van der Waals surface area (Å²) in [6.45, 7) is 2.10. The van der Waals surface area contributed by atoms with Crippen LogP contribution in [0.5, 0.6) is 5.75 Å². The van der Waals surface area contributed by atoms with E-state index in [2.05, 4.69) is 12.2 Å². The minimum atomic E-state index is -0.139. The number of phenolic OH excluding ortho intramolecular Hbond substituents is 1. The number of anilines is 1. The highest BCUT2D eigenvalue weighted by Gasteiger charge is 2.08. The predicted molar refractivity (Wildman–Crippen MR) is 97.3 cm³/mol. The van der Waals surface area contributed by atoms with Crippen LogP contribution in [-0.4, -0.2) is 11.0 Å². The fourth-order valence-corrected chi connectivity index (χ4v) is 2.52. The van der Waals surface area contributed by atoms with Crippen LogP contribution in [0.4, 0.5) is 5.69 Å². The van der Waals surface area contributed by atoms with Crippen LogP contribution in [0, 0.1) is 0 Å². The molecule has 0 saturated carbocycles. The number of carbonyl (C=O) groups is 1. The monoisotopic (exact) mass is 317 g/mol. The van der Waals surface area contributed by atoms with Gasteiger partial charge in [-0.2, -0.15) is 0 Å². The van der Waals surface area contributed by atoms with Crippen LogP contribution in [0.3, 0.4) is 0 Å². The lowest BCUT2D eigenvalue weighted by molar-refractivity contribution is 0.102. The number of benzene rings is 3. The van der Waals surface area contributed by atoms with Gasteiger partial charge in [0.2, 0.25) is 0 Å². The molecule has 1 amide bonds. The summed E-state index contributed by atoms with van der Waals surface area (Å²) in [6, 6.07) is 22.2. The average Bonchev–Trinajstić information content (AvgIpc) is 2.63. The molecule has 3 aromatic rings. The lowest BCUT2D eigenvalue weighted by atomic mass is 10.0. The number of phenols is 1. The van der Waals surface area contributed by atoms with Gasteiger partial charge in [0.15, 0.2) is 0 Å². The molecular formula is C21H19NO2. The number of hydrogen-bond donors (Lipinski definition) is 2. The number of carbonyl (C=O) groups excluding carboxylic acids is 1. The first-order chi connectivity index (χ1) is 11.7. The van der Waals surface area contributed by atoms with Crippen molar-refractivity contribution in [3.63, 3.8) is 0 Å². The molecule has 0 fully saturated rings. The highest BCUT2D eigenvalue weighted by atomic mass is 16.3. The smallest absolute Gasteiger partial charge is 0.255 e. The zero-order valence-corrected chi connectivity index (χ0v) is 13.5. The number of nitrogens with one attached hydrogen (secondary N) is 1. The Balaban J connectivity index is 1.79. The Morgan fingerprint density at radius 2 is 1.62 bits per heavy atom. The van der Waals surface area contributed by atoms with Crippen molar-refractivity contribution in [1.82, 2.24) is 0 Å². The average molecular weight is 317 g/mol. The summed E-state index contributed by atoms with van der Waals surface area (Å²) in [5.74, 6) is 0.0862. The highest BCUT2D eigenvalue weighted by Crippen LogP contribution is 2.23. The molecule has 3 nitrogen and oxygen atoms in total. The van der Waals surface area contributed by atoms with Gasteiger partial charge >= 0.3 is 0 Å². The number of aryl methyl sites for hydroxylation is 1. The molecule has 0 aliphatic carbocycles. The molecule has 0 spiro atoms. The topological polar surface area (TPSA) is 49.3 Å². The van der Waals surface area contributed by atoms with Gasteiger partial charge in [-0.1, -0.05) is 43.3 Å². The summed E-state index contributed by atoms with van der Waals surface area (Å²) in [6.07, 6.45) is 0.975. The first-order valence-corrected chi connectivity index (χ1v) is 7.95. The number of amides is 1. The molecule has 3 aromatic carbocycles. The van der Waals surface area contributed by atoms with Crippen LogP contribution >= 0.6 is 0 Å². The Kier molecular flexibility index (Phi) is 4.62. The van der Waals surface area contributed by atoms with Crippen molar-refractivity contribution in [3.05, 3.63) is 83.9 Å². The fraction of sp³-hybridized carbons (Fsp3) is 0.0952. The van der Waals surface area contributed by atoms with Crippen molar-refractivity contribution in [1.29, 1.82) is 0 Å². The van der Waals surface area contributed by atoms with Gasteiger partial charge in [0.25, 0.3) is 5.91 Å². The Morgan fingerprint density at radius 3 is 2.29 bits per heavy atom. The normalized spacial score (nSPS) is 10.4. The zero-order valence-electron chi connectivity index (χ0n) is 13.5. The minimum absolute atomic E-state index is 0.139. The van der Waals surface area contributed by atoms with Crippen LogP contribution in [-0.2, 0) is 6.42 Å². The van der Waals surface area contributed by atoms with Crippen molar-refractivity contribution >= 4 is 11.6 Å². The second-order valence-corrected chi connectivity index (χ2v) is 5.63. The van der Waals surface area contributed by atoms with E-state index in [0.717, 1.165) is 23.2 Å². The van der Waals surface area contributed by atoms with Crippen LogP contribution in [0.2, 0.25) is 0 Å². The lowest BCUT2D eigenvalue weighted by Crippen LogP contribution is -2.11. The second-order valence-electron chi connectivity index (χ2n) is 5.63. The molecule has 24 heavy (non-hydrogen) atoms. The van der Waals surface area contributed by atoms with Crippen LogP contribution in [0.1, 0.15) is 22.8 Å². The first-order valence-electron chi connectivity index (χ1n) is 7.95. The molecule has 3 rings (SSSR count). The molecule has 0 aliphatic rings. The van der Waals surface area contributed by atoms with Gasteiger partial charge in [0.05, 0.1) is 0 Å². The summed E-state index contributed by atoms with van der Waals surface area (Å²) >= 11 is 0. The minimum Gasteiger partial charge on any atom is -0.508 e. The van der Waals surface area contributed by atoms with Gasteiger partial charge in [0.1, 0.15) is 5.75 Å². The lowest BCUT2D eigenvalue weighted by Gasteiger charge is -2.08. The number of hydrogen-bond acceptors (Lipinski definition) is 2. The molecule has 0 bridgehead atoms. The van der Waals surface area contributed by atoms with Crippen LogP contribution in [0.25, 0.3) is 11.1 Å². The van der Waals surface area contributed by atoms with E-state index in [0.29, 0.717) is 5.56 Å². The SMILES string of the molecule is CCc1ccc(NC(=O)c2cccc(-c3ccc(O)cc3)c2)cc1. The summed E-state index contributed by atoms with van der Waals surface area (Å²) < 4.78 is 0. The van der Waals surface area contributed by atoms with Crippen LogP contribution in [0.15, 0.2) is 72.8 Å². The molecule has 3 heteroatoms. The van der Waals surface area contributed by atoms with E-state index in [1.54, 1.807) is 18.2 Å². The van der Waals surface area contributed by atoms with Gasteiger partial charge in [0, 0.05) is 11.3 Å². The second kappa shape index (κ2) is 7.01. The Morgan fingerprint density at radius 1 is 0.917 bits per heavy atom. The molecule has 0 aromatic heterocycles. The van der Waals surface area contributed by atoms with E-state index in [1.165, 1.54) is 5.56 Å².